The van der Waals surface area contributed by atoms with Crippen LogP contribution in [0.15, 0.2) is 5.38 Å². The van der Waals surface area contributed by atoms with Crippen LogP contribution in [0, 0.1) is 6.92 Å². The Hall–Kier alpha value is -0.980. The van der Waals surface area contributed by atoms with Crippen molar-refractivity contribution < 1.29 is 4.79 Å². The number of carbonyl (C=O) groups excluding carboxylic acids is 1. The third-order valence-corrected chi connectivity index (χ3v) is 3.93. The first-order chi connectivity index (χ1) is 8.58. The molecule has 0 radical (unpaired) electrons. The summed E-state index contributed by atoms with van der Waals surface area (Å²) < 4.78 is 0. The molecule has 18 heavy (non-hydrogen) atoms. The second kappa shape index (κ2) is 5.77. The minimum absolute atomic E-state index is 0.0734. The van der Waals surface area contributed by atoms with Crippen LogP contribution < -0.4 is 5.32 Å². The minimum atomic E-state index is -0.0734. The largest absolute Gasteiger partial charge is 0.347 e. The number of nitrogens with zero attached hydrogens (tertiary/aromatic N) is 3. The second-order valence-corrected chi connectivity index (χ2v) is 5.84. The molecular weight excluding hydrogens is 248 g/mol. The van der Waals surface area contributed by atoms with Crippen molar-refractivity contribution in [2.24, 2.45) is 0 Å². The second-order valence-electron chi connectivity index (χ2n) is 4.78. The van der Waals surface area contributed by atoms with Crippen molar-refractivity contribution in [1.29, 1.82) is 0 Å². The molecule has 1 aromatic heterocycles. The first-order valence-electron chi connectivity index (χ1n) is 6.15. The van der Waals surface area contributed by atoms with Crippen LogP contribution in [0.4, 0.5) is 0 Å². The van der Waals surface area contributed by atoms with Gasteiger partial charge in [-0.25, -0.2) is 4.98 Å². The summed E-state index contributed by atoms with van der Waals surface area (Å²) in [7, 11) is 3.62. The zero-order valence-electron chi connectivity index (χ0n) is 11.1. The van der Waals surface area contributed by atoms with Crippen LogP contribution >= 0.6 is 11.3 Å². The monoisotopic (exact) mass is 268 g/mol. The standard InChI is InChI=1S/C12H20N4OS/c1-9-14-10(8-18-9)7-16-5-4-13-6-11(16)12(17)15(2)3/h8,11,13H,4-7H2,1-3H3. The summed E-state index contributed by atoms with van der Waals surface area (Å²) in [6, 6.07) is -0.0734. The van der Waals surface area contributed by atoms with Crippen LogP contribution in [0.25, 0.3) is 0 Å². The molecule has 0 saturated carbocycles. The third kappa shape index (κ3) is 3.07. The maximum Gasteiger partial charge on any atom is 0.240 e. The topological polar surface area (TPSA) is 48.5 Å². The molecule has 1 N–H and O–H groups in total. The summed E-state index contributed by atoms with van der Waals surface area (Å²) in [6.45, 7) is 5.31. The van der Waals surface area contributed by atoms with E-state index in [9.17, 15) is 4.79 Å². The Bertz CT molecular complexity index is 418. The molecule has 6 heteroatoms. The Morgan fingerprint density at radius 3 is 3.06 bits per heavy atom. The van der Waals surface area contributed by atoms with Gasteiger partial charge in [0, 0.05) is 45.7 Å². The number of aromatic nitrogens is 1. The van der Waals surface area contributed by atoms with Crippen molar-refractivity contribution in [3.63, 3.8) is 0 Å². The average Bonchev–Trinajstić information content (AvgIpc) is 2.74. The van der Waals surface area contributed by atoms with E-state index < -0.39 is 0 Å². The summed E-state index contributed by atoms with van der Waals surface area (Å²) in [4.78, 5) is 20.5. The van der Waals surface area contributed by atoms with E-state index in [4.69, 9.17) is 0 Å². The van der Waals surface area contributed by atoms with E-state index in [0.717, 1.165) is 36.9 Å². The highest BCUT2D eigenvalue weighted by molar-refractivity contribution is 7.09. The smallest absolute Gasteiger partial charge is 0.240 e. The number of likely N-dealkylation sites (N-methyl/N-ethyl adjacent to an activating group) is 1. The molecule has 1 unspecified atom stereocenters. The fourth-order valence-corrected chi connectivity index (χ4v) is 2.77. The van der Waals surface area contributed by atoms with Gasteiger partial charge in [0.2, 0.25) is 5.91 Å². The van der Waals surface area contributed by atoms with Gasteiger partial charge in [-0.15, -0.1) is 11.3 Å². The molecule has 2 heterocycles. The number of carbonyl (C=O) groups is 1. The van der Waals surface area contributed by atoms with Crippen LogP contribution in [-0.4, -0.2) is 60.5 Å². The molecule has 1 saturated heterocycles. The summed E-state index contributed by atoms with van der Waals surface area (Å²) in [5.74, 6) is 0.161. The molecule has 5 nitrogen and oxygen atoms in total. The van der Waals surface area contributed by atoms with Gasteiger partial charge in [0.05, 0.1) is 10.7 Å². The zero-order chi connectivity index (χ0) is 13.1. The van der Waals surface area contributed by atoms with Gasteiger partial charge in [0.15, 0.2) is 0 Å². The lowest BCUT2D eigenvalue weighted by molar-refractivity contribution is -0.135. The first-order valence-corrected chi connectivity index (χ1v) is 7.03. The van der Waals surface area contributed by atoms with Gasteiger partial charge >= 0.3 is 0 Å². The normalized spacial score (nSPS) is 20.9. The lowest BCUT2D eigenvalue weighted by atomic mass is 10.1. The molecular formula is C12H20N4OS. The molecule has 1 atom stereocenters. The Balaban J connectivity index is 2.06. The van der Waals surface area contributed by atoms with Crippen LogP contribution in [0.2, 0.25) is 0 Å². The van der Waals surface area contributed by atoms with Crippen molar-refractivity contribution in [2.45, 2.75) is 19.5 Å². The fraction of sp³-hybridized carbons (Fsp3) is 0.667. The van der Waals surface area contributed by atoms with Crippen LogP contribution in [0.3, 0.4) is 0 Å². The predicted molar refractivity (Wildman–Crippen MR) is 72.6 cm³/mol. The van der Waals surface area contributed by atoms with Gasteiger partial charge in [0.1, 0.15) is 6.04 Å². The number of piperazine rings is 1. The summed E-state index contributed by atoms with van der Waals surface area (Å²) in [5.41, 5.74) is 1.07. The van der Waals surface area contributed by atoms with Crippen molar-refractivity contribution >= 4 is 17.2 Å². The molecule has 1 aliphatic heterocycles. The van der Waals surface area contributed by atoms with Crippen molar-refractivity contribution in [3.8, 4) is 0 Å². The SMILES string of the molecule is Cc1nc(CN2CCNCC2C(=O)N(C)C)cs1. The molecule has 0 spiro atoms. The molecule has 1 aromatic rings. The number of nitrogens with one attached hydrogen (secondary N) is 1. The van der Waals surface area contributed by atoms with Gasteiger partial charge in [-0.1, -0.05) is 0 Å². The van der Waals surface area contributed by atoms with E-state index in [1.54, 1.807) is 16.2 Å². The molecule has 100 valence electrons. The highest BCUT2D eigenvalue weighted by atomic mass is 32.1. The number of hydrogen-bond donors (Lipinski definition) is 1. The Labute approximate surface area is 112 Å². The molecule has 0 aromatic carbocycles. The van der Waals surface area contributed by atoms with Gasteiger partial charge < -0.3 is 10.2 Å². The Morgan fingerprint density at radius 2 is 2.44 bits per heavy atom. The van der Waals surface area contributed by atoms with E-state index >= 15 is 0 Å². The minimum Gasteiger partial charge on any atom is -0.347 e. The fourth-order valence-electron chi connectivity index (χ4n) is 2.17. The summed E-state index contributed by atoms with van der Waals surface area (Å²) >= 11 is 1.66. The molecule has 1 fully saturated rings. The van der Waals surface area contributed by atoms with Crippen LogP contribution in [0.5, 0.6) is 0 Å². The molecule has 1 amide bonds. The van der Waals surface area contributed by atoms with Gasteiger partial charge in [-0.05, 0) is 6.92 Å². The Morgan fingerprint density at radius 1 is 1.67 bits per heavy atom. The predicted octanol–water partition coefficient (Wildman–Crippen LogP) is 0.314. The Kier molecular flexibility index (Phi) is 4.31. The van der Waals surface area contributed by atoms with E-state index in [2.05, 4.69) is 20.6 Å². The van der Waals surface area contributed by atoms with Crippen LogP contribution in [0.1, 0.15) is 10.7 Å². The maximum atomic E-state index is 12.1. The maximum absolute atomic E-state index is 12.1. The molecule has 0 aliphatic carbocycles. The van der Waals surface area contributed by atoms with E-state index in [1.807, 2.05) is 21.0 Å². The van der Waals surface area contributed by atoms with E-state index in [0.29, 0.717) is 0 Å². The average molecular weight is 268 g/mol. The van der Waals surface area contributed by atoms with Gasteiger partial charge in [-0.2, -0.15) is 0 Å². The zero-order valence-corrected chi connectivity index (χ0v) is 12.0. The number of aryl methyl sites for hydroxylation is 1. The summed E-state index contributed by atoms with van der Waals surface area (Å²) in [5, 5.41) is 6.44. The summed E-state index contributed by atoms with van der Waals surface area (Å²) in [6.07, 6.45) is 0. The van der Waals surface area contributed by atoms with Crippen LogP contribution in [-0.2, 0) is 11.3 Å². The lowest BCUT2D eigenvalue weighted by Gasteiger charge is -2.35. The number of hydrogen-bond acceptors (Lipinski definition) is 5. The van der Waals surface area contributed by atoms with Crippen molar-refractivity contribution in [2.75, 3.05) is 33.7 Å². The quantitative estimate of drug-likeness (QED) is 0.857. The van der Waals surface area contributed by atoms with E-state index in [1.165, 1.54) is 0 Å². The number of rotatable bonds is 3. The van der Waals surface area contributed by atoms with Crippen molar-refractivity contribution in [3.05, 3.63) is 16.1 Å². The van der Waals surface area contributed by atoms with Gasteiger partial charge in [-0.3, -0.25) is 9.69 Å². The number of thiazole rings is 1. The molecule has 1 aliphatic rings. The van der Waals surface area contributed by atoms with E-state index in [-0.39, 0.29) is 11.9 Å². The molecule has 2 rings (SSSR count). The van der Waals surface area contributed by atoms with Crippen molar-refractivity contribution in [1.82, 2.24) is 20.1 Å². The molecule has 0 bridgehead atoms. The first kappa shape index (κ1) is 13.5. The lowest BCUT2D eigenvalue weighted by Crippen LogP contribution is -2.57. The van der Waals surface area contributed by atoms with Gasteiger partial charge in [0.25, 0.3) is 0 Å². The highest BCUT2D eigenvalue weighted by Gasteiger charge is 2.29. The third-order valence-electron chi connectivity index (χ3n) is 3.11. The highest BCUT2D eigenvalue weighted by Crippen LogP contribution is 2.14. The number of amides is 1.